The van der Waals surface area contributed by atoms with Crippen molar-refractivity contribution in [2.45, 2.75) is 32.9 Å². The van der Waals surface area contributed by atoms with Crippen LogP contribution in [-0.2, 0) is 0 Å². The highest BCUT2D eigenvalue weighted by molar-refractivity contribution is 6.30. The summed E-state index contributed by atoms with van der Waals surface area (Å²) in [5.74, 6) is 0.799. The van der Waals surface area contributed by atoms with Crippen molar-refractivity contribution in [1.82, 2.24) is 5.32 Å². The van der Waals surface area contributed by atoms with Gasteiger partial charge in [0.25, 0.3) is 0 Å². The van der Waals surface area contributed by atoms with Crippen molar-refractivity contribution in [2.24, 2.45) is 0 Å². The molecule has 0 aliphatic heterocycles. The van der Waals surface area contributed by atoms with Gasteiger partial charge in [-0.15, -0.1) is 0 Å². The van der Waals surface area contributed by atoms with E-state index in [2.05, 4.69) is 25.2 Å². The van der Waals surface area contributed by atoms with E-state index in [0.717, 1.165) is 5.75 Å². The van der Waals surface area contributed by atoms with Gasteiger partial charge in [-0.1, -0.05) is 29.3 Å². The van der Waals surface area contributed by atoms with Crippen molar-refractivity contribution in [3.63, 3.8) is 0 Å². The number of allylic oxidation sites excluding steroid dienone is 1. The van der Waals surface area contributed by atoms with Crippen LogP contribution in [0.4, 0.5) is 0 Å². The third kappa shape index (κ3) is 4.80. The van der Waals surface area contributed by atoms with Gasteiger partial charge >= 0.3 is 0 Å². The molecule has 17 heavy (non-hydrogen) atoms. The molecule has 2 nitrogen and oxygen atoms in total. The topological polar surface area (TPSA) is 21.3 Å². The molecule has 2 atom stereocenters. The molecule has 0 spiro atoms. The third-order valence-electron chi connectivity index (χ3n) is 2.47. The average Bonchev–Trinajstić information content (AvgIpc) is 2.25. The molecular weight excluding hydrogens is 234 g/mol. The van der Waals surface area contributed by atoms with Crippen LogP contribution >= 0.6 is 11.6 Å². The Balaban J connectivity index is 2.70. The van der Waals surface area contributed by atoms with Gasteiger partial charge in [-0.25, -0.2) is 0 Å². The summed E-state index contributed by atoms with van der Waals surface area (Å²) in [7, 11) is 1.93. The number of rotatable bonds is 5. The molecule has 0 aromatic heterocycles. The van der Waals surface area contributed by atoms with E-state index >= 15 is 0 Å². The molecule has 94 valence electrons. The molecule has 0 aliphatic carbocycles. The van der Waals surface area contributed by atoms with Crippen molar-refractivity contribution >= 4 is 11.6 Å². The predicted octanol–water partition coefficient (Wildman–Crippen LogP) is 3.66. The van der Waals surface area contributed by atoms with Crippen LogP contribution < -0.4 is 10.1 Å². The number of nitrogens with one attached hydrogen (secondary N) is 1. The molecule has 1 N–H and O–H groups in total. The van der Waals surface area contributed by atoms with Crippen LogP contribution in [0.15, 0.2) is 35.9 Å². The maximum Gasteiger partial charge on any atom is 0.121 e. The molecule has 3 heteroatoms. The fraction of sp³-hybridized carbons (Fsp3) is 0.429. The highest BCUT2D eigenvalue weighted by Gasteiger charge is 2.14. The van der Waals surface area contributed by atoms with Crippen LogP contribution in [-0.4, -0.2) is 19.2 Å². The van der Waals surface area contributed by atoms with E-state index in [1.54, 1.807) is 0 Å². The number of ether oxygens (including phenoxy) is 1. The zero-order valence-electron chi connectivity index (χ0n) is 10.8. The molecule has 0 bridgehead atoms. The second-order valence-electron chi connectivity index (χ2n) is 4.34. The molecule has 0 radical (unpaired) electrons. The van der Waals surface area contributed by atoms with Gasteiger partial charge < -0.3 is 10.1 Å². The lowest BCUT2D eigenvalue weighted by Gasteiger charge is -2.22. The van der Waals surface area contributed by atoms with Crippen molar-refractivity contribution < 1.29 is 4.74 Å². The Kier molecular flexibility index (Phi) is 5.52. The summed E-state index contributed by atoms with van der Waals surface area (Å²) in [6.07, 6.45) is 2.21. The van der Waals surface area contributed by atoms with E-state index in [-0.39, 0.29) is 12.1 Å². The SMILES string of the molecule is CNC(C=C(C)C)C(C)Oc1cccc(Cl)c1. The Morgan fingerprint density at radius 2 is 2.12 bits per heavy atom. The van der Waals surface area contributed by atoms with Crippen molar-refractivity contribution in [1.29, 1.82) is 0 Å². The van der Waals surface area contributed by atoms with E-state index in [1.807, 2.05) is 38.2 Å². The second-order valence-corrected chi connectivity index (χ2v) is 4.78. The summed E-state index contributed by atoms with van der Waals surface area (Å²) in [5.41, 5.74) is 1.27. The molecule has 0 amide bonds. The standard InChI is InChI=1S/C14H20ClNO/c1-10(2)8-14(16-4)11(3)17-13-7-5-6-12(15)9-13/h5-9,11,14,16H,1-4H3. The first kappa shape index (κ1) is 14.1. The quantitative estimate of drug-likeness (QED) is 0.809. The number of benzene rings is 1. The van der Waals surface area contributed by atoms with Gasteiger partial charge in [0.2, 0.25) is 0 Å². The van der Waals surface area contributed by atoms with Gasteiger partial charge in [-0.05, 0) is 46.0 Å². The Labute approximate surface area is 109 Å². The molecule has 2 unspecified atom stereocenters. The Morgan fingerprint density at radius 3 is 2.65 bits per heavy atom. The molecule has 0 fully saturated rings. The number of hydrogen-bond donors (Lipinski definition) is 1. The normalized spacial score (nSPS) is 13.9. The molecule has 0 aliphatic rings. The van der Waals surface area contributed by atoms with Crippen LogP contribution in [0, 0.1) is 0 Å². The highest BCUT2D eigenvalue weighted by atomic mass is 35.5. The number of likely N-dealkylation sites (N-methyl/N-ethyl adjacent to an activating group) is 1. The molecule has 0 heterocycles. The zero-order valence-corrected chi connectivity index (χ0v) is 11.6. The molecule has 0 saturated carbocycles. The second kappa shape index (κ2) is 6.67. The summed E-state index contributed by atoms with van der Waals surface area (Å²) >= 11 is 5.92. The monoisotopic (exact) mass is 253 g/mol. The predicted molar refractivity (Wildman–Crippen MR) is 73.8 cm³/mol. The van der Waals surface area contributed by atoms with Crippen LogP contribution in [0.5, 0.6) is 5.75 Å². The lowest BCUT2D eigenvalue weighted by atomic mass is 10.1. The van der Waals surface area contributed by atoms with Gasteiger partial charge in [-0.3, -0.25) is 0 Å². The van der Waals surface area contributed by atoms with Crippen LogP contribution in [0.25, 0.3) is 0 Å². The van der Waals surface area contributed by atoms with Gasteiger partial charge in [0.15, 0.2) is 0 Å². The van der Waals surface area contributed by atoms with E-state index in [9.17, 15) is 0 Å². The lowest BCUT2D eigenvalue weighted by molar-refractivity contribution is 0.193. The summed E-state index contributed by atoms with van der Waals surface area (Å²) in [5, 5.41) is 3.93. The van der Waals surface area contributed by atoms with Crippen molar-refractivity contribution in [3.8, 4) is 5.75 Å². The van der Waals surface area contributed by atoms with Crippen molar-refractivity contribution in [2.75, 3.05) is 7.05 Å². The minimum atomic E-state index is 0.0494. The average molecular weight is 254 g/mol. The smallest absolute Gasteiger partial charge is 0.121 e. The molecule has 0 saturated heterocycles. The van der Waals surface area contributed by atoms with Gasteiger partial charge in [-0.2, -0.15) is 0 Å². The van der Waals surface area contributed by atoms with E-state index in [0.29, 0.717) is 5.02 Å². The molecule has 1 rings (SSSR count). The van der Waals surface area contributed by atoms with Gasteiger partial charge in [0.1, 0.15) is 11.9 Å². The summed E-state index contributed by atoms with van der Waals surface area (Å²) in [4.78, 5) is 0. The first-order valence-electron chi connectivity index (χ1n) is 5.77. The minimum absolute atomic E-state index is 0.0494. The maximum atomic E-state index is 5.92. The Morgan fingerprint density at radius 1 is 1.41 bits per heavy atom. The van der Waals surface area contributed by atoms with Crippen LogP contribution in [0.2, 0.25) is 5.02 Å². The lowest BCUT2D eigenvalue weighted by Crippen LogP contribution is -2.37. The van der Waals surface area contributed by atoms with E-state index < -0.39 is 0 Å². The van der Waals surface area contributed by atoms with E-state index in [4.69, 9.17) is 16.3 Å². The van der Waals surface area contributed by atoms with E-state index in [1.165, 1.54) is 5.57 Å². The largest absolute Gasteiger partial charge is 0.489 e. The fourth-order valence-corrected chi connectivity index (χ4v) is 1.82. The summed E-state index contributed by atoms with van der Waals surface area (Å²) in [6, 6.07) is 7.66. The Hall–Kier alpha value is -0.990. The summed E-state index contributed by atoms with van der Waals surface area (Å²) < 4.78 is 5.86. The highest BCUT2D eigenvalue weighted by Crippen LogP contribution is 2.19. The maximum absolute atomic E-state index is 5.92. The summed E-state index contributed by atoms with van der Waals surface area (Å²) in [6.45, 7) is 6.20. The zero-order chi connectivity index (χ0) is 12.8. The van der Waals surface area contributed by atoms with Crippen LogP contribution in [0.1, 0.15) is 20.8 Å². The van der Waals surface area contributed by atoms with Gasteiger partial charge in [0, 0.05) is 5.02 Å². The molecule has 1 aromatic carbocycles. The Bertz CT molecular complexity index is 386. The number of hydrogen-bond acceptors (Lipinski definition) is 2. The molecule has 1 aromatic rings. The van der Waals surface area contributed by atoms with Crippen molar-refractivity contribution in [3.05, 3.63) is 40.9 Å². The number of halogens is 1. The molecular formula is C14H20ClNO. The first-order chi connectivity index (χ1) is 8.02. The minimum Gasteiger partial charge on any atom is -0.489 e. The van der Waals surface area contributed by atoms with Gasteiger partial charge in [0.05, 0.1) is 6.04 Å². The third-order valence-corrected chi connectivity index (χ3v) is 2.71. The first-order valence-corrected chi connectivity index (χ1v) is 6.15. The van der Waals surface area contributed by atoms with Crippen LogP contribution in [0.3, 0.4) is 0 Å². The fourth-order valence-electron chi connectivity index (χ4n) is 1.64.